The average Bonchev–Trinajstić information content (AvgIpc) is 3.06. The number of hydrogen-bond donors (Lipinski definition) is 1. The maximum absolute atomic E-state index is 13.1. The van der Waals surface area contributed by atoms with Crippen LogP contribution in [0.3, 0.4) is 0 Å². The summed E-state index contributed by atoms with van der Waals surface area (Å²) in [4.78, 5) is 51.9. The minimum Gasteiger partial charge on any atom is -0.497 e. The number of carboxylic acid groups (broad SMARTS) is 1. The lowest BCUT2D eigenvalue weighted by Crippen LogP contribution is -2.46. The van der Waals surface area contributed by atoms with Crippen LogP contribution in [0.25, 0.3) is 0 Å². The minimum atomic E-state index is -1.11. The predicted octanol–water partition coefficient (Wildman–Crippen LogP) is 2.92. The number of carbonyl (C=O) groups is 4. The van der Waals surface area contributed by atoms with Gasteiger partial charge in [-0.3, -0.25) is 19.2 Å². The molecule has 1 fully saturated rings. The van der Waals surface area contributed by atoms with Gasteiger partial charge in [0, 0.05) is 18.0 Å². The molecule has 0 radical (unpaired) electrons. The Morgan fingerprint density at radius 2 is 1.88 bits per heavy atom. The molecule has 1 heterocycles. The molecular formula is C23H23ClN2O6. The molecule has 2 aromatic rings. The van der Waals surface area contributed by atoms with E-state index in [2.05, 4.69) is 0 Å². The fourth-order valence-corrected chi connectivity index (χ4v) is 3.78. The molecule has 1 saturated heterocycles. The van der Waals surface area contributed by atoms with E-state index >= 15 is 0 Å². The Labute approximate surface area is 190 Å². The van der Waals surface area contributed by atoms with Crippen LogP contribution < -0.4 is 9.64 Å². The van der Waals surface area contributed by atoms with E-state index in [0.717, 1.165) is 10.5 Å². The zero-order valence-corrected chi connectivity index (χ0v) is 18.2. The summed E-state index contributed by atoms with van der Waals surface area (Å²) in [5.41, 5.74) is 1.24. The number of amides is 3. The van der Waals surface area contributed by atoms with Gasteiger partial charge in [0.25, 0.3) is 5.91 Å². The second kappa shape index (κ2) is 10.3. The highest BCUT2D eigenvalue weighted by atomic mass is 35.5. The van der Waals surface area contributed by atoms with Crippen molar-refractivity contribution < 1.29 is 29.0 Å². The molecule has 1 N–H and O–H groups in total. The number of nitrogens with zero attached hydrogens (tertiary/aromatic N) is 2. The fourth-order valence-electron chi connectivity index (χ4n) is 3.60. The first-order chi connectivity index (χ1) is 15.3. The molecule has 2 aromatic carbocycles. The molecular weight excluding hydrogens is 436 g/mol. The van der Waals surface area contributed by atoms with E-state index in [1.807, 2.05) is 12.1 Å². The molecule has 3 rings (SSSR count). The first kappa shape index (κ1) is 23.3. The number of carboxylic acids is 1. The summed E-state index contributed by atoms with van der Waals surface area (Å²) in [6.45, 7) is 0.165. The van der Waals surface area contributed by atoms with E-state index in [9.17, 15) is 19.2 Å². The Morgan fingerprint density at radius 3 is 2.50 bits per heavy atom. The van der Waals surface area contributed by atoms with Crippen LogP contribution in [0.4, 0.5) is 5.69 Å². The van der Waals surface area contributed by atoms with Crippen molar-refractivity contribution in [2.24, 2.45) is 0 Å². The van der Waals surface area contributed by atoms with E-state index in [0.29, 0.717) is 22.9 Å². The summed E-state index contributed by atoms with van der Waals surface area (Å²) >= 11 is 6.00. The van der Waals surface area contributed by atoms with Gasteiger partial charge in [0.05, 0.1) is 25.6 Å². The average molecular weight is 459 g/mol. The zero-order valence-electron chi connectivity index (χ0n) is 17.5. The summed E-state index contributed by atoms with van der Waals surface area (Å²) < 4.78 is 5.14. The van der Waals surface area contributed by atoms with E-state index in [-0.39, 0.29) is 25.8 Å². The lowest BCUT2D eigenvalue weighted by Gasteiger charge is -2.28. The number of carbonyl (C=O) groups excluding carboxylic acids is 3. The van der Waals surface area contributed by atoms with Crippen molar-refractivity contribution in [3.63, 3.8) is 0 Å². The molecule has 168 valence electrons. The Kier molecular flexibility index (Phi) is 7.48. The third-order valence-electron chi connectivity index (χ3n) is 5.24. The molecule has 32 heavy (non-hydrogen) atoms. The number of anilines is 1. The number of halogens is 1. The van der Waals surface area contributed by atoms with E-state index in [4.69, 9.17) is 21.4 Å². The third-order valence-corrected chi connectivity index (χ3v) is 5.47. The standard InChI is InChI=1S/C23H23ClN2O6/c1-32-18-7-5-15(6-8-18)11-12-25(20(27)9-10-22(29)30)19-14-21(28)26(23(19)31)17-4-2-3-16(24)13-17/h2-8,13,19H,9-12,14H2,1H3,(H,29,30)/t19-/m0/s1. The van der Waals surface area contributed by atoms with Crippen LogP contribution in [-0.2, 0) is 25.6 Å². The summed E-state index contributed by atoms with van der Waals surface area (Å²) in [6.07, 6.45) is -0.359. The van der Waals surface area contributed by atoms with Crippen LogP contribution in [0, 0.1) is 0 Å². The minimum absolute atomic E-state index is 0.165. The number of ether oxygens (including phenoxy) is 1. The van der Waals surface area contributed by atoms with Gasteiger partial charge in [0.2, 0.25) is 11.8 Å². The first-order valence-corrected chi connectivity index (χ1v) is 10.4. The zero-order chi connectivity index (χ0) is 23.3. The van der Waals surface area contributed by atoms with Gasteiger partial charge in [0.1, 0.15) is 11.8 Å². The van der Waals surface area contributed by atoms with Crippen molar-refractivity contribution in [1.29, 1.82) is 0 Å². The highest BCUT2D eigenvalue weighted by molar-refractivity contribution is 6.31. The van der Waals surface area contributed by atoms with Gasteiger partial charge in [-0.1, -0.05) is 29.8 Å². The van der Waals surface area contributed by atoms with Crippen LogP contribution in [0.5, 0.6) is 5.75 Å². The van der Waals surface area contributed by atoms with Crippen LogP contribution in [0.1, 0.15) is 24.8 Å². The summed E-state index contributed by atoms with van der Waals surface area (Å²) in [5.74, 6) is -1.88. The van der Waals surface area contributed by atoms with Gasteiger partial charge < -0.3 is 14.7 Å². The maximum atomic E-state index is 13.1. The monoisotopic (exact) mass is 458 g/mol. The van der Waals surface area contributed by atoms with E-state index in [1.54, 1.807) is 37.4 Å². The third kappa shape index (κ3) is 5.45. The number of benzene rings is 2. The number of imide groups is 1. The van der Waals surface area contributed by atoms with Gasteiger partial charge in [-0.15, -0.1) is 0 Å². The Bertz CT molecular complexity index is 1020. The van der Waals surface area contributed by atoms with Crippen LogP contribution in [0.2, 0.25) is 5.02 Å². The second-order valence-corrected chi connectivity index (χ2v) is 7.78. The molecule has 0 bridgehead atoms. The highest BCUT2D eigenvalue weighted by Gasteiger charge is 2.44. The van der Waals surface area contributed by atoms with Crippen LogP contribution >= 0.6 is 11.6 Å². The van der Waals surface area contributed by atoms with Gasteiger partial charge in [-0.2, -0.15) is 0 Å². The SMILES string of the molecule is COc1ccc(CCN(C(=O)CCC(=O)O)[C@H]2CC(=O)N(c3cccc(Cl)c3)C2=O)cc1. The quantitative estimate of drug-likeness (QED) is 0.579. The van der Waals surface area contributed by atoms with Crippen molar-refractivity contribution in [2.75, 3.05) is 18.6 Å². The van der Waals surface area contributed by atoms with Crippen LogP contribution in [-0.4, -0.2) is 53.4 Å². The summed E-state index contributed by atoms with van der Waals surface area (Å²) in [5, 5.41) is 9.33. The predicted molar refractivity (Wildman–Crippen MR) is 118 cm³/mol. The number of aliphatic carboxylic acids is 1. The number of hydrogen-bond acceptors (Lipinski definition) is 5. The highest BCUT2D eigenvalue weighted by Crippen LogP contribution is 2.28. The van der Waals surface area contributed by atoms with Crippen molar-refractivity contribution in [2.45, 2.75) is 31.7 Å². The normalized spacial score (nSPS) is 15.7. The molecule has 1 atom stereocenters. The molecule has 0 saturated carbocycles. The fraction of sp³-hybridized carbons (Fsp3) is 0.304. The Morgan fingerprint density at radius 1 is 1.16 bits per heavy atom. The van der Waals surface area contributed by atoms with Crippen molar-refractivity contribution in [1.82, 2.24) is 4.90 Å². The molecule has 1 aliphatic heterocycles. The van der Waals surface area contributed by atoms with Crippen LogP contribution in [0.15, 0.2) is 48.5 Å². The smallest absolute Gasteiger partial charge is 0.303 e. The molecule has 8 nitrogen and oxygen atoms in total. The molecule has 1 aliphatic rings. The maximum Gasteiger partial charge on any atom is 0.303 e. The lowest BCUT2D eigenvalue weighted by molar-refractivity contribution is -0.143. The van der Waals surface area contributed by atoms with Gasteiger partial charge in [0.15, 0.2) is 0 Å². The molecule has 0 aliphatic carbocycles. The van der Waals surface area contributed by atoms with E-state index in [1.165, 1.54) is 11.0 Å². The number of rotatable bonds is 9. The van der Waals surface area contributed by atoms with Gasteiger partial charge in [-0.05, 0) is 42.3 Å². The molecule has 0 spiro atoms. The summed E-state index contributed by atoms with van der Waals surface area (Å²) in [6, 6.07) is 12.6. The van der Waals surface area contributed by atoms with Crippen molar-refractivity contribution in [3.05, 3.63) is 59.1 Å². The Hall–Kier alpha value is -3.39. The van der Waals surface area contributed by atoms with Crippen molar-refractivity contribution >= 4 is 41.0 Å². The van der Waals surface area contributed by atoms with Gasteiger partial charge in [-0.25, -0.2) is 4.90 Å². The topological polar surface area (TPSA) is 104 Å². The summed E-state index contributed by atoms with van der Waals surface area (Å²) in [7, 11) is 1.56. The Balaban J connectivity index is 1.81. The molecule has 0 unspecified atom stereocenters. The molecule has 3 amide bonds. The molecule has 0 aromatic heterocycles. The first-order valence-electron chi connectivity index (χ1n) is 10.1. The second-order valence-electron chi connectivity index (χ2n) is 7.35. The van der Waals surface area contributed by atoms with Crippen molar-refractivity contribution in [3.8, 4) is 5.75 Å². The number of methoxy groups -OCH3 is 1. The lowest BCUT2D eigenvalue weighted by atomic mass is 10.1. The molecule has 9 heteroatoms. The van der Waals surface area contributed by atoms with E-state index < -0.39 is 29.7 Å². The van der Waals surface area contributed by atoms with Gasteiger partial charge >= 0.3 is 5.97 Å². The largest absolute Gasteiger partial charge is 0.497 e.